The molecule has 0 saturated heterocycles. The van der Waals surface area contributed by atoms with Gasteiger partial charge >= 0.3 is 12.1 Å². The van der Waals surface area contributed by atoms with E-state index in [1.54, 1.807) is 20.8 Å². The van der Waals surface area contributed by atoms with Crippen LogP contribution >= 0.6 is 23.2 Å². The van der Waals surface area contributed by atoms with Crippen LogP contribution in [0.1, 0.15) is 39.2 Å². The number of aliphatic hydroxyl groups is 1. The van der Waals surface area contributed by atoms with Crippen LogP contribution in [-0.2, 0) is 14.3 Å². The molecule has 0 saturated carbocycles. The van der Waals surface area contributed by atoms with Crippen molar-refractivity contribution in [3.63, 3.8) is 0 Å². The van der Waals surface area contributed by atoms with Gasteiger partial charge in [0.15, 0.2) is 11.7 Å². The molecule has 0 fully saturated rings. The Hall–Kier alpha value is -2.29. The number of aliphatic hydroxyl groups excluding tert-OH is 1. The number of carbonyl (C=O) groups excluding carboxylic acids is 2. The number of hydrogen-bond acceptors (Lipinski definition) is 7. The summed E-state index contributed by atoms with van der Waals surface area (Å²) < 4.78 is 15.7. The molecule has 2 unspecified atom stereocenters. The fourth-order valence-corrected chi connectivity index (χ4v) is 2.93. The topological polar surface area (TPSA) is 111 Å². The van der Waals surface area contributed by atoms with Gasteiger partial charge in [-0.25, -0.2) is 9.78 Å². The van der Waals surface area contributed by atoms with Gasteiger partial charge in [0, 0.05) is 5.02 Å². The fourth-order valence-electron chi connectivity index (χ4n) is 2.41. The molecule has 1 amide bonds. The molecule has 2 aromatic rings. The maximum absolute atomic E-state index is 12.2. The van der Waals surface area contributed by atoms with Crippen molar-refractivity contribution in [2.24, 2.45) is 0 Å². The van der Waals surface area contributed by atoms with Gasteiger partial charge in [0.05, 0.1) is 17.5 Å². The van der Waals surface area contributed by atoms with E-state index in [4.69, 9.17) is 37.1 Å². The van der Waals surface area contributed by atoms with E-state index in [0.29, 0.717) is 10.5 Å². The minimum Gasteiger partial charge on any atom is -0.460 e. The van der Waals surface area contributed by atoms with E-state index in [-0.39, 0.29) is 29.5 Å². The number of esters is 1. The largest absolute Gasteiger partial charge is 0.460 e. The number of fused-ring (bicyclic) bond motifs is 1. The van der Waals surface area contributed by atoms with Gasteiger partial charge in [0.25, 0.3) is 0 Å². The fraction of sp³-hybridized carbons (Fsp3) is 0.421. The van der Waals surface area contributed by atoms with Crippen LogP contribution in [0.2, 0.25) is 10.0 Å². The molecule has 8 nitrogen and oxygen atoms in total. The molecule has 158 valence electrons. The first-order valence-corrected chi connectivity index (χ1v) is 9.45. The number of amides is 1. The summed E-state index contributed by atoms with van der Waals surface area (Å²) in [7, 11) is 0. The van der Waals surface area contributed by atoms with Gasteiger partial charge in [-0.15, -0.1) is 0 Å². The lowest BCUT2D eigenvalue weighted by molar-refractivity contribution is -0.156. The standard InChI is InChI=1S/C19H22Cl2N2O6/c1-5-6-27-18(26)23-12(9-14(24)29-19(2,3)4)15(25)17-22-13-8-10(20)7-11(21)16(13)28-17/h5,7-8,12,15,25H,1,6,9H2,2-4H3,(H,23,26). The monoisotopic (exact) mass is 444 g/mol. The molecule has 2 N–H and O–H groups in total. The third-order valence-corrected chi connectivity index (χ3v) is 4.00. The number of halogens is 2. The molecule has 2 atom stereocenters. The van der Waals surface area contributed by atoms with Crippen LogP contribution in [0.25, 0.3) is 11.1 Å². The molecule has 0 bridgehead atoms. The average molecular weight is 445 g/mol. The van der Waals surface area contributed by atoms with Crippen molar-refractivity contribution in [1.29, 1.82) is 0 Å². The lowest BCUT2D eigenvalue weighted by Gasteiger charge is -2.24. The Balaban J connectivity index is 2.28. The second kappa shape index (κ2) is 9.47. The van der Waals surface area contributed by atoms with E-state index in [2.05, 4.69) is 16.9 Å². The van der Waals surface area contributed by atoms with Crippen LogP contribution in [0.15, 0.2) is 29.2 Å². The predicted octanol–water partition coefficient (Wildman–Crippen LogP) is 4.18. The number of rotatable bonds is 7. The normalized spacial score (nSPS) is 13.6. The van der Waals surface area contributed by atoms with Gasteiger partial charge in [-0.05, 0) is 32.9 Å². The molecule has 0 aliphatic heterocycles. The van der Waals surface area contributed by atoms with Gasteiger partial charge in [0.2, 0.25) is 5.89 Å². The molecule has 1 heterocycles. The van der Waals surface area contributed by atoms with Crippen molar-refractivity contribution in [2.45, 2.75) is 44.9 Å². The zero-order valence-electron chi connectivity index (χ0n) is 16.2. The molecule has 29 heavy (non-hydrogen) atoms. The summed E-state index contributed by atoms with van der Waals surface area (Å²) in [5, 5.41) is 13.7. The first kappa shape index (κ1) is 23.0. The van der Waals surface area contributed by atoms with Crippen molar-refractivity contribution in [3.8, 4) is 0 Å². The Labute approximate surface area is 177 Å². The molecule has 2 rings (SSSR count). The van der Waals surface area contributed by atoms with E-state index in [9.17, 15) is 14.7 Å². The highest BCUT2D eigenvalue weighted by molar-refractivity contribution is 6.37. The summed E-state index contributed by atoms with van der Waals surface area (Å²) in [5.74, 6) is -0.787. The van der Waals surface area contributed by atoms with Gasteiger partial charge < -0.3 is 24.3 Å². The lowest BCUT2D eigenvalue weighted by atomic mass is 10.1. The Morgan fingerprint density at radius 1 is 1.38 bits per heavy atom. The summed E-state index contributed by atoms with van der Waals surface area (Å²) in [6.07, 6.45) is -1.31. The molecular formula is C19H22Cl2N2O6. The highest BCUT2D eigenvalue weighted by atomic mass is 35.5. The Kier molecular flexibility index (Phi) is 7.51. The SMILES string of the molecule is C=CCOC(=O)NC(CC(=O)OC(C)(C)C)C(O)c1nc2cc(Cl)cc(Cl)c2o1. The first-order valence-electron chi connectivity index (χ1n) is 8.69. The number of ether oxygens (including phenoxy) is 2. The van der Waals surface area contributed by atoms with Gasteiger partial charge in [-0.2, -0.15) is 0 Å². The van der Waals surface area contributed by atoms with E-state index < -0.39 is 29.8 Å². The van der Waals surface area contributed by atoms with Crippen molar-refractivity contribution < 1.29 is 28.6 Å². The van der Waals surface area contributed by atoms with Crippen LogP contribution in [-0.4, -0.2) is 40.4 Å². The van der Waals surface area contributed by atoms with Crippen molar-refractivity contribution in [1.82, 2.24) is 10.3 Å². The van der Waals surface area contributed by atoms with Gasteiger partial charge in [-0.3, -0.25) is 4.79 Å². The highest BCUT2D eigenvalue weighted by Gasteiger charge is 2.32. The Morgan fingerprint density at radius 3 is 2.69 bits per heavy atom. The molecule has 0 aliphatic carbocycles. The van der Waals surface area contributed by atoms with Gasteiger partial charge in [-0.1, -0.05) is 35.9 Å². The summed E-state index contributed by atoms with van der Waals surface area (Å²) >= 11 is 12.0. The maximum atomic E-state index is 12.2. The van der Waals surface area contributed by atoms with Crippen LogP contribution in [0, 0.1) is 0 Å². The number of benzene rings is 1. The number of oxazole rings is 1. The van der Waals surface area contributed by atoms with E-state index in [0.717, 1.165) is 0 Å². The van der Waals surface area contributed by atoms with E-state index in [1.165, 1.54) is 18.2 Å². The van der Waals surface area contributed by atoms with Crippen molar-refractivity contribution >= 4 is 46.4 Å². The van der Waals surface area contributed by atoms with Crippen LogP contribution < -0.4 is 5.32 Å². The second-order valence-electron chi connectivity index (χ2n) is 7.16. The predicted molar refractivity (Wildman–Crippen MR) is 108 cm³/mol. The number of aromatic nitrogens is 1. The minimum absolute atomic E-state index is 0.0436. The number of hydrogen-bond donors (Lipinski definition) is 2. The third kappa shape index (κ3) is 6.62. The van der Waals surface area contributed by atoms with Crippen LogP contribution in [0.3, 0.4) is 0 Å². The summed E-state index contributed by atoms with van der Waals surface area (Å²) in [6.45, 7) is 8.51. The number of nitrogens with one attached hydrogen (secondary N) is 1. The molecular weight excluding hydrogens is 423 g/mol. The van der Waals surface area contributed by atoms with E-state index in [1.807, 2.05) is 0 Å². The van der Waals surface area contributed by atoms with E-state index >= 15 is 0 Å². The highest BCUT2D eigenvalue weighted by Crippen LogP contribution is 2.31. The lowest BCUT2D eigenvalue weighted by Crippen LogP contribution is -2.42. The molecule has 0 radical (unpaired) electrons. The summed E-state index contributed by atoms with van der Waals surface area (Å²) in [5.41, 5.74) is -0.199. The zero-order chi connectivity index (χ0) is 21.8. The van der Waals surface area contributed by atoms with Crippen LogP contribution in [0.5, 0.6) is 0 Å². The average Bonchev–Trinajstić information content (AvgIpc) is 3.01. The summed E-state index contributed by atoms with van der Waals surface area (Å²) in [6, 6.07) is 1.84. The number of alkyl carbamates (subject to hydrolysis) is 1. The molecule has 0 spiro atoms. The van der Waals surface area contributed by atoms with Crippen molar-refractivity contribution in [3.05, 3.63) is 40.7 Å². The zero-order valence-corrected chi connectivity index (χ0v) is 17.7. The van der Waals surface area contributed by atoms with Crippen LogP contribution in [0.4, 0.5) is 4.79 Å². The first-order chi connectivity index (χ1) is 13.5. The van der Waals surface area contributed by atoms with Crippen molar-refractivity contribution in [2.75, 3.05) is 6.61 Å². The smallest absolute Gasteiger partial charge is 0.407 e. The maximum Gasteiger partial charge on any atom is 0.407 e. The minimum atomic E-state index is -1.49. The molecule has 0 aliphatic rings. The molecule has 1 aromatic heterocycles. The molecule has 10 heteroatoms. The Morgan fingerprint density at radius 2 is 2.07 bits per heavy atom. The number of nitrogens with zero attached hydrogens (tertiary/aromatic N) is 1. The second-order valence-corrected chi connectivity index (χ2v) is 8.00. The molecule has 1 aromatic carbocycles. The Bertz CT molecular complexity index is 906. The van der Waals surface area contributed by atoms with Gasteiger partial charge in [0.1, 0.15) is 17.7 Å². The number of carbonyl (C=O) groups is 2. The third-order valence-electron chi connectivity index (χ3n) is 3.50. The summed E-state index contributed by atoms with van der Waals surface area (Å²) in [4.78, 5) is 28.4. The quantitative estimate of drug-likeness (QED) is 0.486.